The third-order valence-electron chi connectivity index (χ3n) is 3.75. The number of amides is 1. The molecule has 1 heterocycles. The first-order valence-corrected chi connectivity index (χ1v) is 7.36. The standard InChI is InChI=1S/C15H21N3O3.ClH/c19-15(17-11-13-4-2-8-16-10-13)7-6-12-3-1-5-14(9-12)18(20)21;/h1,3,5,9,13,16H,2,4,6-8,10-11H2,(H,17,19);1H. The molecule has 1 amide bonds. The van der Waals surface area contributed by atoms with Crippen LogP contribution in [0.3, 0.4) is 0 Å². The van der Waals surface area contributed by atoms with Crippen molar-refractivity contribution in [3.05, 3.63) is 39.9 Å². The highest BCUT2D eigenvalue weighted by molar-refractivity contribution is 5.85. The number of hydrogen-bond donors (Lipinski definition) is 2. The molecule has 0 saturated carbocycles. The molecule has 0 bridgehead atoms. The minimum absolute atomic E-state index is 0. The number of benzene rings is 1. The fraction of sp³-hybridized carbons (Fsp3) is 0.533. The lowest BCUT2D eigenvalue weighted by Crippen LogP contribution is -2.38. The van der Waals surface area contributed by atoms with Crippen LogP contribution in [0.5, 0.6) is 0 Å². The summed E-state index contributed by atoms with van der Waals surface area (Å²) in [6.07, 6.45) is 3.20. The fourth-order valence-corrected chi connectivity index (χ4v) is 2.53. The molecule has 0 aromatic heterocycles. The number of non-ortho nitro benzene ring substituents is 1. The number of piperidine rings is 1. The topological polar surface area (TPSA) is 84.3 Å². The van der Waals surface area contributed by atoms with Crippen molar-refractivity contribution >= 4 is 24.0 Å². The van der Waals surface area contributed by atoms with Gasteiger partial charge in [0.15, 0.2) is 0 Å². The number of halogens is 1. The number of rotatable bonds is 6. The number of nitrogens with zero attached hydrogens (tertiary/aromatic N) is 1. The maximum atomic E-state index is 11.8. The second kappa shape index (κ2) is 9.38. The molecule has 7 heteroatoms. The molecule has 1 unspecified atom stereocenters. The Hall–Kier alpha value is -1.66. The Morgan fingerprint density at radius 1 is 1.45 bits per heavy atom. The molecule has 6 nitrogen and oxygen atoms in total. The Labute approximate surface area is 136 Å². The summed E-state index contributed by atoms with van der Waals surface area (Å²) in [5.74, 6) is 0.521. The molecule has 1 fully saturated rings. The summed E-state index contributed by atoms with van der Waals surface area (Å²) in [5, 5.41) is 17.0. The van der Waals surface area contributed by atoms with Crippen LogP contribution in [0.1, 0.15) is 24.8 Å². The Balaban J connectivity index is 0.00000242. The van der Waals surface area contributed by atoms with Crippen LogP contribution < -0.4 is 10.6 Å². The smallest absolute Gasteiger partial charge is 0.269 e. The molecule has 1 aliphatic rings. The summed E-state index contributed by atoms with van der Waals surface area (Å²) in [4.78, 5) is 22.1. The van der Waals surface area contributed by atoms with Crippen molar-refractivity contribution in [3.63, 3.8) is 0 Å². The lowest BCUT2D eigenvalue weighted by molar-refractivity contribution is -0.384. The molecule has 1 atom stereocenters. The van der Waals surface area contributed by atoms with Gasteiger partial charge in [0.1, 0.15) is 0 Å². The molecule has 1 aromatic carbocycles. The van der Waals surface area contributed by atoms with Crippen LogP contribution in [-0.4, -0.2) is 30.5 Å². The maximum absolute atomic E-state index is 11.8. The minimum Gasteiger partial charge on any atom is -0.356 e. The molecule has 2 rings (SSSR count). The van der Waals surface area contributed by atoms with Crippen molar-refractivity contribution in [1.82, 2.24) is 10.6 Å². The molecule has 0 radical (unpaired) electrons. The number of nitro benzene ring substituents is 1. The first-order chi connectivity index (χ1) is 10.1. The number of carbonyl (C=O) groups excluding carboxylic acids is 1. The highest BCUT2D eigenvalue weighted by Crippen LogP contribution is 2.14. The second-order valence-corrected chi connectivity index (χ2v) is 5.44. The normalized spacial score (nSPS) is 17.4. The van der Waals surface area contributed by atoms with Crippen molar-refractivity contribution in [2.24, 2.45) is 5.92 Å². The summed E-state index contributed by atoms with van der Waals surface area (Å²) >= 11 is 0. The third-order valence-corrected chi connectivity index (χ3v) is 3.75. The van der Waals surface area contributed by atoms with Gasteiger partial charge in [-0.05, 0) is 43.8 Å². The van der Waals surface area contributed by atoms with Gasteiger partial charge in [0.25, 0.3) is 5.69 Å². The van der Waals surface area contributed by atoms with Crippen LogP contribution in [0.4, 0.5) is 5.69 Å². The molecule has 2 N–H and O–H groups in total. The van der Waals surface area contributed by atoms with Crippen LogP contribution >= 0.6 is 12.4 Å². The van der Waals surface area contributed by atoms with Crippen molar-refractivity contribution in [3.8, 4) is 0 Å². The van der Waals surface area contributed by atoms with Gasteiger partial charge < -0.3 is 10.6 Å². The Bertz CT molecular complexity index is 505. The number of aryl methyl sites for hydroxylation is 1. The summed E-state index contributed by atoms with van der Waals surface area (Å²) < 4.78 is 0. The number of carbonyl (C=O) groups is 1. The zero-order chi connectivity index (χ0) is 15.1. The van der Waals surface area contributed by atoms with Crippen LogP contribution in [0.25, 0.3) is 0 Å². The van der Waals surface area contributed by atoms with E-state index in [4.69, 9.17) is 0 Å². The third kappa shape index (κ3) is 5.99. The molecule has 122 valence electrons. The van der Waals surface area contributed by atoms with Gasteiger partial charge in [0.2, 0.25) is 5.91 Å². The van der Waals surface area contributed by atoms with Crippen molar-refractivity contribution in [1.29, 1.82) is 0 Å². The first kappa shape index (κ1) is 18.4. The van der Waals surface area contributed by atoms with Crippen molar-refractivity contribution < 1.29 is 9.72 Å². The van der Waals surface area contributed by atoms with E-state index in [1.165, 1.54) is 12.1 Å². The number of hydrogen-bond acceptors (Lipinski definition) is 4. The van der Waals surface area contributed by atoms with Gasteiger partial charge in [0.05, 0.1) is 4.92 Å². The lowest BCUT2D eigenvalue weighted by Gasteiger charge is -2.22. The quantitative estimate of drug-likeness (QED) is 0.618. The summed E-state index contributed by atoms with van der Waals surface area (Å²) in [5.41, 5.74) is 0.889. The molecule has 1 aliphatic heterocycles. The first-order valence-electron chi connectivity index (χ1n) is 7.36. The predicted molar refractivity (Wildman–Crippen MR) is 87.3 cm³/mol. The molecule has 0 spiro atoms. The zero-order valence-electron chi connectivity index (χ0n) is 12.4. The van der Waals surface area contributed by atoms with E-state index in [2.05, 4.69) is 10.6 Å². The highest BCUT2D eigenvalue weighted by Gasteiger charge is 2.14. The lowest BCUT2D eigenvalue weighted by atomic mass is 9.99. The van der Waals surface area contributed by atoms with E-state index in [1.807, 2.05) is 6.07 Å². The van der Waals surface area contributed by atoms with Crippen LogP contribution in [0.2, 0.25) is 0 Å². The Morgan fingerprint density at radius 3 is 2.95 bits per heavy atom. The average molecular weight is 328 g/mol. The van der Waals surface area contributed by atoms with Gasteiger partial charge >= 0.3 is 0 Å². The van der Waals surface area contributed by atoms with Gasteiger partial charge in [-0.25, -0.2) is 0 Å². The van der Waals surface area contributed by atoms with E-state index in [0.29, 0.717) is 25.3 Å². The molecule has 22 heavy (non-hydrogen) atoms. The summed E-state index contributed by atoms with van der Waals surface area (Å²) in [6.45, 7) is 2.74. The van der Waals surface area contributed by atoms with Gasteiger partial charge in [-0.15, -0.1) is 12.4 Å². The van der Waals surface area contributed by atoms with Crippen LogP contribution in [0.15, 0.2) is 24.3 Å². The maximum Gasteiger partial charge on any atom is 0.269 e. The number of nitrogens with one attached hydrogen (secondary N) is 2. The monoisotopic (exact) mass is 327 g/mol. The molecule has 1 saturated heterocycles. The van der Waals surface area contributed by atoms with Gasteiger partial charge in [0, 0.05) is 25.1 Å². The molecular weight excluding hydrogens is 306 g/mol. The predicted octanol–water partition coefficient (Wildman–Crippen LogP) is 2.06. The molecular formula is C15H22ClN3O3. The minimum atomic E-state index is -0.417. The van der Waals surface area contributed by atoms with Crippen molar-refractivity contribution in [2.45, 2.75) is 25.7 Å². The van der Waals surface area contributed by atoms with Gasteiger partial charge in [-0.2, -0.15) is 0 Å². The van der Waals surface area contributed by atoms with E-state index in [-0.39, 0.29) is 24.0 Å². The van der Waals surface area contributed by atoms with Crippen LogP contribution in [0, 0.1) is 16.0 Å². The zero-order valence-corrected chi connectivity index (χ0v) is 13.2. The van der Waals surface area contributed by atoms with E-state index >= 15 is 0 Å². The Kier molecular flexibility index (Phi) is 7.84. The van der Waals surface area contributed by atoms with Crippen LogP contribution in [-0.2, 0) is 11.2 Å². The fourth-order valence-electron chi connectivity index (χ4n) is 2.53. The Morgan fingerprint density at radius 2 is 2.27 bits per heavy atom. The average Bonchev–Trinajstić information content (AvgIpc) is 2.52. The van der Waals surface area contributed by atoms with Gasteiger partial charge in [-0.3, -0.25) is 14.9 Å². The second-order valence-electron chi connectivity index (χ2n) is 5.44. The van der Waals surface area contributed by atoms with E-state index in [9.17, 15) is 14.9 Å². The van der Waals surface area contributed by atoms with E-state index in [1.54, 1.807) is 6.07 Å². The largest absolute Gasteiger partial charge is 0.356 e. The molecule has 0 aliphatic carbocycles. The van der Waals surface area contributed by atoms with Crippen molar-refractivity contribution in [2.75, 3.05) is 19.6 Å². The molecule has 1 aromatic rings. The summed E-state index contributed by atoms with van der Waals surface area (Å²) in [6, 6.07) is 6.45. The SMILES string of the molecule is Cl.O=C(CCc1cccc([N+](=O)[O-])c1)NCC1CCCNC1. The van der Waals surface area contributed by atoms with E-state index in [0.717, 1.165) is 31.5 Å². The number of nitro groups is 1. The highest BCUT2D eigenvalue weighted by atomic mass is 35.5. The van der Waals surface area contributed by atoms with Gasteiger partial charge in [-0.1, -0.05) is 12.1 Å². The van der Waals surface area contributed by atoms with E-state index < -0.39 is 4.92 Å². The summed E-state index contributed by atoms with van der Waals surface area (Å²) in [7, 11) is 0.